The van der Waals surface area contributed by atoms with Gasteiger partial charge in [0.2, 0.25) is 15.9 Å². The Bertz CT molecular complexity index is 921. The number of amides is 1. The van der Waals surface area contributed by atoms with Gasteiger partial charge in [-0.2, -0.15) is 4.31 Å². The summed E-state index contributed by atoms with van der Waals surface area (Å²) in [7, 11) is -3.73. The van der Waals surface area contributed by atoms with E-state index in [0.717, 1.165) is 6.42 Å². The molecule has 1 amide bonds. The predicted octanol–water partition coefficient (Wildman–Crippen LogP) is 2.35. The standard InChI is InChI=1S/C20H24ClN3O3S/c1-16(25)23-12-13-24(28(26,27)19-9-5-8-18(21)14-19)20(15-23)22-11-10-17-6-3-2-4-7-17/h2-9,14,20,22H,10-13,15H2,1H3/t20-/m1/s1. The molecule has 0 saturated carbocycles. The lowest BCUT2D eigenvalue weighted by molar-refractivity contribution is -0.131. The van der Waals surface area contributed by atoms with Crippen molar-refractivity contribution in [3.63, 3.8) is 0 Å². The summed E-state index contributed by atoms with van der Waals surface area (Å²) in [6, 6.07) is 16.2. The van der Waals surface area contributed by atoms with Gasteiger partial charge in [0, 0.05) is 31.6 Å². The van der Waals surface area contributed by atoms with Crippen LogP contribution in [0.4, 0.5) is 0 Å². The van der Waals surface area contributed by atoms with Gasteiger partial charge in [-0.3, -0.25) is 10.1 Å². The molecule has 1 aliphatic heterocycles. The van der Waals surface area contributed by atoms with Crippen molar-refractivity contribution in [3.8, 4) is 0 Å². The Morgan fingerprint density at radius 1 is 1.14 bits per heavy atom. The molecule has 8 heteroatoms. The maximum atomic E-state index is 13.2. The normalized spacial score (nSPS) is 18.2. The number of nitrogens with one attached hydrogen (secondary N) is 1. The molecule has 2 aromatic carbocycles. The Morgan fingerprint density at radius 3 is 2.57 bits per heavy atom. The number of nitrogens with zero attached hydrogens (tertiary/aromatic N) is 2. The highest BCUT2D eigenvalue weighted by Gasteiger charge is 2.36. The average Bonchev–Trinajstić information content (AvgIpc) is 2.68. The van der Waals surface area contributed by atoms with Crippen LogP contribution in [0.1, 0.15) is 12.5 Å². The maximum absolute atomic E-state index is 13.2. The zero-order chi connectivity index (χ0) is 20.1. The van der Waals surface area contributed by atoms with Gasteiger partial charge in [0.15, 0.2) is 0 Å². The first-order valence-corrected chi connectivity index (χ1v) is 11.0. The fourth-order valence-corrected chi connectivity index (χ4v) is 5.15. The minimum Gasteiger partial charge on any atom is -0.339 e. The smallest absolute Gasteiger partial charge is 0.244 e. The Labute approximate surface area is 171 Å². The number of benzene rings is 2. The molecule has 150 valence electrons. The van der Waals surface area contributed by atoms with Crippen LogP contribution in [0.25, 0.3) is 0 Å². The zero-order valence-electron chi connectivity index (χ0n) is 15.7. The Hall–Kier alpha value is -1.93. The summed E-state index contributed by atoms with van der Waals surface area (Å²) in [5.41, 5.74) is 1.17. The van der Waals surface area contributed by atoms with Crippen molar-refractivity contribution < 1.29 is 13.2 Å². The summed E-state index contributed by atoms with van der Waals surface area (Å²) < 4.78 is 27.8. The first-order chi connectivity index (χ1) is 13.4. The second-order valence-corrected chi connectivity index (χ2v) is 9.07. The molecule has 28 heavy (non-hydrogen) atoms. The van der Waals surface area contributed by atoms with Crippen molar-refractivity contribution in [1.82, 2.24) is 14.5 Å². The zero-order valence-corrected chi connectivity index (χ0v) is 17.3. The first kappa shape index (κ1) is 20.8. The number of sulfonamides is 1. The van der Waals surface area contributed by atoms with Gasteiger partial charge in [-0.25, -0.2) is 8.42 Å². The molecule has 6 nitrogen and oxygen atoms in total. The molecule has 0 aliphatic carbocycles. The van der Waals surface area contributed by atoms with Gasteiger partial charge in [0.1, 0.15) is 0 Å². The van der Waals surface area contributed by atoms with Gasteiger partial charge in [0.05, 0.1) is 17.6 Å². The maximum Gasteiger partial charge on any atom is 0.244 e. The predicted molar refractivity (Wildman–Crippen MR) is 110 cm³/mol. The van der Waals surface area contributed by atoms with Gasteiger partial charge in [-0.1, -0.05) is 48.0 Å². The van der Waals surface area contributed by atoms with Gasteiger partial charge in [0.25, 0.3) is 0 Å². The van der Waals surface area contributed by atoms with Crippen LogP contribution in [0.2, 0.25) is 5.02 Å². The van der Waals surface area contributed by atoms with E-state index in [2.05, 4.69) is 5.32 Å². The highest BCUT2D eigenvalue weighted by Crippen LogP contribution is 2.23. The van der Waals surface area contributed by atoms with Crippen molar-refractivity contribution in [3.05, 3.63) is 65.2 Å². The van der Waals surface area contributed by atoms with Crippen molar-refractivity contribution in [2.75, 3.05) is 26.2 Å². The van der Waals surface area contributed by atoms with Crippen molar-refractivity contribution >= 4 is 27.5 Å². The van der Waals surface area contributed by atoms with Crippen LogP contribution >= 0.6 is 11.6 Å². The van der Waals surface area contributed by atoms with Crippen LogP contribution in [0, 0.1) is 0 Å². The van der Waals surface area contributed by atoms with E-state index >= 15 is 0 Å². The SMILES string of the molecule is CC(=O)N1CCN(S(=O)(=O)c2cccc(Cl)c2)[C@@H](NCCc2ccccc2)C1. The first-order valence-electron chi connectivity index (χ1n) is 9.18. The molecule has 1 fully saturated rings. The number of carbonyl (C=O) groups is 1. The summed E-state index contributed by atoms with van der Waals surface area (Å²) in [4.78, 5) is 13.7. The van der Waals surface area contributed by atoms with Gasteiger partial charge >= 0.3 is 0 Å². The largest absolute Gasteiger partial charge is 0.339 e. The lowest BCUT2D eigenvalue weighted by atomic mass is 10.1. The van der Waals surface area contributed by atoms with E-state index < -0.39 is 16.2 Å². The second-order valence-electron chi connectivity index (χ2n) is 6.74. The highest BCUT2D eigenvalue weighted by atomic mass is 35.5. The van der Waals surface area contributed by atoms with Crippen molar-refractivity contribution in [2.24, 2.45) is 0 Å². The molecule has 0 unspecified atom stereocenters. The van der Waals surface area contributed by atoms with Crippen molar-refractivity contribution in [1.29, 1.82) is 0 Å². The van der Waals surface area contributed by atoms with Crippen LogP contribution in [0.5, 0.6) is 0 Å². The molecule has 0 spiro atoms. The summed E-state index contributed by atoms with van der Waals surface area (Å²) >= 11 is 5.99. The van der Waals surface area contributed by atoms with Crippen LogP contribution in [-0.2, 0) is 21.2 Å². The Morgan fingerprint density at radius 2 is 1.89 bits per heavy atom. The highest BCUT2D eigenvalue weighted by molar-refractivity contribution is 7.89. The van der Waals surface area contributed by atoms with Crippen molar-refractivity contribution in [2.45, 2.75) is 24.4 Å². The fourth-order valence-electron chi connectivity index (χ4n) is 3.30. The van der Waals surface area contributed by atoms with Crippen LogP contribution in [-0.4, -0.2) is 55.9 Å². The number of hydrogen-bond acceptors (Lipinski definition) is 4. The summed E-state index contributed by atoms with van der Waals surface area (Å²) in [6.07, 6.45) is 0.271. The quantitative estimate of drug-likeness (QED) is 0.777. The monoisotopic (exact) mass is 421 g/mol. The second kappa shape index (κ2) is 9.05. The molecule has 0 bridgehead atoms. The minimum atomic E-state index is -3.73. The lowest BCUT2D eigenvalue weighted by Crippen LogP contribution is -2.61. The molecule has 1 N–H and O–H groups in total. The average molecular weight is 422 g/mol. The van der Waals surface area contributed by atoms with E-state index in [1.807, 2.05) is 30.3 Å². The number of rotatable bonds is 6. The van der Waals surface area contributed by atoms with Crippen LogP contribution in [0.15, 0.2) is 59.5 Å². The van der Waals surface area contributed by atoms with E-state index in [1.54, 1.807) is 23.1 Å². The molecule has 1 aliphatic rings. The molecule has 0 aromatic heterocycles. The molecular weight excluding hydrogens is 398 g/mol. The molecule has 1 atom stereocenters. The molecule has 3 rings (SSSR count). The van der Waals surface area contributed by atoms with Crippen LogP contribution < -0.4 is 5.32 Å². The molecule has 0 radical (unpaired) electrons. The Balaban J connectivity index is 1.77. The molecule has 2 aromatic rings. The van der Waals surface area contributed by atoms with E-state index in [-0.39, 0.29) is 17.3 Å². The third kappa shape index (κ3) is 4.91. The molecular formula is C20H24ClN3O3S. The minimum absolute atomic E-state index is 0.0605. The van der Waals surface area contributed by atoms with Crippen LogP contribution in [0.3, 0.4) is 0 Å². The topological polar surface area (TPSA) is 69.7 Å². The molecule has 1 saturated heterocycles. The van der Waals surface area contributed by atoms with Gasteiger partial charge in [-0.15, -0.1) is 0 Å². The van der Waals surface area contributed by atoms with Gasteiger partial charge < -0.3 is 4.90 Å². The van der Waals surface area contributed by atoms with E-state index in [1.165, 1.54) is 22.9 Å². The number of carbonyl (C=O) groups excluding carboxylic acids is 1. The number of halogens is 1. The summed E-state index contributed by atoms with van der Waals surface area (Å²) in [5, 5.41) is 3.69. The third-order valence-electron chi connectivity index (χ3n) is 4.82. The van der Waals surface area contributed by atoms with E-state index in [9.17, 15) is 13.2 Å². The van der Waals surface area contributed by atoms with E-state index in [0.29, 0.717) is 24.7 Å². The summed E-state index contributed by atoms with van der Waals surface area (Å²) in [5.74, 6) is -0.0605. The molecule has 1 heterocycles. The number of hydrogen-bond donors (Lipinski definition) is 1. The van der Waals surface area contributed by atoms with E-state index in [4.69, 9.17) is 11.6 Å². The van der Waals surface area contributed by atoms with Gasteiger partial charge in [-0.05, 0) is 30.2 Å². The lowest BCUT2D eigenvalue weighted by Gasteiger charge is -2.40. The Kier molecular flexibility index (Phi) is 6.72. The number of piperazine rings is 1. The summed E-state index contributed by atoms with van der Waals surface area (Å²) in [6.45, 7) is 3.01. The third-order valence-corrected chi connectivity index (χ3v) is 6.95. The fraction of sp³-hybridized carbons (Fsp3) is 0.350.